The fourth-order valence-corrected chi connectivity index (χ4v) is 1.69. The molecule has 2 atom stereocenters. The third-order valence-electron chi connectivity index (χ3n) is 2.68. The topological polar surface area (TPSA) is 92.5 Å². The second kappa shape index (κ2) is 5.07. The lowest BCUT2D eigenvalue weighted by atomic mass is 10.1. The molecule has 0 radical (unpaired) electrons. The van der Waals surface area contributed by atoms with Crippen LogP contribution in [0.25, 0.3) is 0 Å². The Morgan fingerprint density at radius 1 is 1.56 bits per heavy atom. The van der Waals surface area contributed by atoms with Crippen molar-refractivity contribution in [3.8, 4) is 0 Å². The molecule has 0 aromatic carbocycles. The molecule has 90 valence electrons. The van der Waals surface area contributed by atoms with Crippen LogP contribution in [-0.2, 0) is 14.4 Å². The standard InChI is InChI=1S/C10H17N3O3/c1-3-6(11)10(16)13-5-8(14)12-9(15)7(13)4-2/h6-7H,3-5,11H2,1-2H3,(H,12,14,15)/t6-,7?/m0/s1. The van der Waals surface area contributed by atoms with Gasteiger partial charge in [-0.1, -0.05) is 13.8 Å². The highest BCUT2D eigenvalue weighted by Crippen LogP contribution is 2.11. The first-order chi connectivity index (χ1) is 7.51. The van der Waals surface area contributed by atoms with Gasteiger partial charge >= 0.3 is 0 Å². The number of hydrogen-bond acceptors (Lipinski definition) is 4. The highest BCUT2D eigenvalue weighted by Gasteiger charge is 2.36. The maximum Gasteiger partial charge on any atom is 0.249 e. The Kier molecular flexibility index (Phi) is 4.00. The summed E-state index contributed by atoms with van der Waals surface area (Å²) in [7, 11) is 0. The maximum atomic E-state index is 11.9. The third kappa shape index (κ3) is 2.38. The van der Waals surface area contributed by atoms with Gasteiger partial charge in [-0.2, -0.15) is 0 Å². The molecule has 0 bridgehead atoms. The van der Waals surface area contributed by atoms with Crippen LogP contribution in [0.5, 0.6) is 0 Å². The number of nitrogens with zero attached hydrogens (tertiary/aromatic N) is 1. The minimum Gasteiger partial charge on any atom is -0.320 e. The predicted octanol–water partition coefficient (Wildman–Crippen LogP) is -1.01. The van der Waals surface area contributed by atoms with E-state index in [0.29, 0.717) is 12.8 Å². The van der Waals surface area contributed by atoms with Gasteiger partial charge in [0.25, 0.3) is 0 Å². The van der Waals surface area contributed by atoms with Crippen LogP contribution < -0.4 is 11.1 Å². The van der Waals surface area contributed by atoms with E-state index in [-0.39, 0.29) is 12.5 Å². The molecule has 0 saturated carbocycles. The van der Waals surface area contributed by atoms with Gasteiger partial charge in [-0.3, -0.25) is 19.7 Å². The van der Waals surface area contributed by atoms with Crippen molar-refractivity contribution in [1.29, 1.82) is 0 Å². The van der Waals surface area contributed by atoms with E-state index in [9.17, 15) is 14.4 Å². The molecule has 1 fully saturated rings. The molecule has 0 aromatic heterocycles. The Balaban J connectivity index is 2.86. The molecule has 6 heteroatoms. The smallest absolute Gasteiger partial charge is 0.249 e. The highest BCUT2D eigenvalue weighted by atomic mass is 16.2. The number of rotatable bonds is 3. The zero-order chi connectivity index (χ0) is 12.3. The van der Waals surface area contributed by atoms with Gasteiger partial charge in [0, 0.05) is 0 Å². The van der Waals surface area contributed by atoms with E-state index in [1.165, 1.54) is 4.90 Å². The van der Waals surface area contributed by atoms with Crippen molar-refractivity contribution in [2.75, 3.05) is 6.54 Å². The molecule has 0 aliphatic carbocycles. The minimum absolute atomic E-state index is 0.0865. The highest BCUT2D eigenvalue weighted by molar-refractivity contribution is 6.04. The number of nitrogens with two attached hydrogens (primary N) is 1. The van der Waals surface area contributed by atoms with E-state index < -0.39 is 23.9 Å². The van der Waals surface area contributed by atoms with Gasteiger partial charge in [-0.15, -0.1) is 0 Å². The third-order valence-corrected chi connectivity index (χ3v) is 2.68. The van der Waals surface area contributed by atoms with Gasteiger partial charge in [0.15, 0.2) is 0 Å². The van der Waals surface area contributed by atoms with E-state index in [2.05, 4.69) is 5.32 Å². The molecular formula is C10H17N3O3. The largest absolute Gasteiger partial charge is 0.320 e. The van der Waals surface area contributed by atoms with Crippen LogP contribution >= 0.6 is 0 Å². The van der Waals surface area contributed by atoms with Crippen LogP contribution in [0.3, 0.4) is 0 Å². The number of nitrogens with one attached hydrogen (secondary N) is 1. The van der Waals surface area contributed by atoms with Gasteiger partial charge < -0.3 is 10.6 Å². The molecule has 3 amide bonds. The van der Waals surface area contributed by atoms with Crippen molar-refractivity contribution in [2.24, 2.45) is 5.73 Å². The van der Waals surface area contributed by atoms with Crippen LogP contribution in [0.1, 0.15) is 26.7 Å². The van der Waals surface area contributed by atoms with Crippen molar-refractivity contribution in [3.63, 3.8) is 0 Å². The first-order valence-corrected chi connectivity index (χ1v) is 5.41. The SMILES string of the molecule is CCC1C(=O)NC(=O)CN1C(=O)[C@@H](N)CC. The van der Waals surface area contributed by atoms with E-state index in [0.717, 1.165) is 0 Å². The number of piperazine rings is 1. The van der Waals surface area contributed by atoms with E-state index in [1.54, 1.807) is 13.8 Å². The zero-order valence-electron chi connectivity index (χ0n) is 9.53. The number of amides is 3. The summed E-state index contributed by atoms with van der Waals surface area (Å²) >= 11 is 0. The molecule has 0 aromatic rings. The maximum absolute atomic E-state index is 11.9. The lowest BCUT2D eigenvalue weighted by molar-refractivity contribution is -0.150. The van der Waals surface area contributed by atoms with E-state index >= 15 is 0 Å². The number of hydrogen-bond donors (Lipinski definition) is 2. The van der Waals surface area contributed by atoms with Crippen molar-refractivity contribution in [3.05, 3.63) is 0 Å². The molecule has 1 unspecified atom stereocenters. The summed E-state index contributed by atoms with van der Waals surface area (Å²) in [6.45, 7) is 3.49. The first kappa shape index (κ1) is 12.6. The van der Waals surface area contributed by atoms with Crippen molar-refractivity contribution in [1.82, 2.24) is 10.2 Å². The molecule has 1 rings (SSSR count). The van der Waals surface area contributed by atoms with Crippen molar-refractivity contribution < 1.29 is 14.4 Å². The molecule has 1 aliphatic rings. The normalized spacial score (nSPS) is 22.9. The lowest BCUT2D eigenvalue weighted by Gasteiger charge is -2.34. The van der Waals surface area contributed by atoms with E-state index in [1.807, 2.05) is 0 Å². The Labute approximate surface area is 94.2 Å². The second-order valence-corrected chi connectivity index (χ2v) is 3.82. The fraction of sp³-hybridized carbons (Fsp3) is 0.700. The Morgan fingerprint density at radius 3 is 2.69 bits per heavy atom. The summed E-state index contributed by atoms with van der Waals surface area (Å²) in [5, 5.41) is 2.21. The molecule has 0 spiro atoms. The van der Waals surface area contributed by atoms with Crippen LogP contribution in [0.2, 0.25) is 0 Å². The lowest BCUT2D eigenvalue weighted by Crippen LogP contribution is -2.62. The summed E-state index contributed by atoms with van der Waals surface area (Å²) in [5.41, 5.74) is 5.62. The molecule has 6 nitrogen and oxygen atoms in total. The molecule has 1 aliphatic heterocycles. The summed E-state index contributed by atoms with van der Waals surface area (Å²) in [6, 6.07) is -1.23. The molecule has 1 saturated heterocycles. The van der Waals surface area contributed by atoms with Crippen LogP contribution in [0.4, 0.5) is 0 Å². The number of imide groups is 1. The summed E-state index contributed by atoms with van der Waals surface area (Å²) < 4.78 is 0. The molecule has 3 N–H and O–H groups in total. The Hall–Kier alpha value is -1.43. The summed E-state index contributed by atoms with van der Waals surface area (Å²) in [4.78, 5) is 35.8. The number of carbonyl (C=O) groups excluding carboxylic acids is 3. The molecule has 16 heavy (non-hydrogen) atoms. The predicted molar refractivity (Wildman–Crippen MR) is 57.2 cm³/mol. The Bertz CT molecular complexity index is 316. The average Bonchev–Trinajstić information content (AvgIpc) is 2.26. The monoisotopic (exact) mass is 227 g/mol. The Morgan fingerprint density at radius 2 is 2.19 bits per heavy atom. The quantitative estimate of drug-likeness (QED) is 0.604. The van der Waals surface area contributed by atoms with E-state index in [4.69, 9.17) is 5.73 Å². The second-order valence-electron chi connectivity index (χ2n) is 3.82. The minimum atomic E-state index is -0.646. The van der Waals surface area contributed by atoms with Crippen LogP contribution in [-0.4, -0.2) is 41.2 Å². The molecule has 1 heterocycles. The molecular weight excluding hydrogens is 210 g/mol. The number of carbonyl (C=O) groups is 3. The van der Waals surface area contributed by atoms with Gasteiger partial charge in [0.05, 0.1) is 6.04 Å². The van der Waals surface area contributed by atoms with Crippen molar-refractivity contribution >= 4 is 17.7 Å². The summed E-state index contributed by atoms with van der Waals surface area (Å²) in [6.07, 6.45) is 0.961. The van der Waals surface area contributed by atoms with Crippen LogP contribution in [0.15, 0.2) is 0 Å². The first-order valence-electron chi connectivity index (χ1n) is 5.41. The fourth-order valence-electron chi connectivity index (χ4n) is 1.69. The van der Waals surface area contributed by atoms with Gasteiger partial charge in [-0.25, -0.2) is 0 Å². The van der Waals surface area contributed by atoms with Gasteiger partial charge in [0.2, 0.25) is 17.7 Å². The van der Waals surface area contributed by atoms with Crippen molar-refractivity contribution in [2.45, 2.75) is 38.8 Å². The van der Waals surface area contributed by atoms with Crippen LogP contribution in [0, 0.1) is 0 Å². The van der Waals surface area contributed by atoms with Gasteiger partial charge in [-0.05, 0) is 12.8 Å². The average molecular weight is 227 g/mol. The zero-order valence-corrected chi connectivity index (χ0v) is 9.53. The van der Waals surface area contributed by atoms with Gasteiger partial charge in [0.1, 0.15) is 12.6 Å². The summed E-state index contributed by atoms with van der Waals surface area (Å²) in [5.74, 6) is -1.21.